The molecule has 5 rings (SSSR count). The first-order valence-electron chi connectivity index (χ1n) is 12.9. The van der Waals surface area contributed by atoms with Gasteiger partial charge in [0.15, 0.2) is 0 Å². The standard InChI is InChI=1S/C23H33N9O5S/c1-11-18-17(12(2)27-16(33)9-31-10-26-28-29-31)22(35)32(18)19(23(36)37)20(11)38-14-6-15(25-7-14)21(34)30-5-3-4-13(24)8-30/h10-15,17-18,25H,3-9,24H2,1-2H3,(H,27,33)(H,36,37)/t11-,12?,13-,14+,15+,17-,18-/m1/s1. The Labute approximate surface area is 223 Å². The Balaban J connectivity index is 1.23. The lowest BCUT2D eigenvalue weighted by molar-refractivity contribution is -0.158. The first-order chi connectivity index (χ1) is 18.2. The summed E-state index contributed by atoms with van der Waals surface area (Å²) < 4.78 is 1.28. The summed E-state index contributed by atoms with van der Waals surface area (Å²) in [6, 6.07) is -1.18. The molecule has 0 saturated carbocycles. The van der Waals surface area contributed by atoms with Crippen molar-refractivity contribution in [3.8, 4) is 0 Å². The summed E-state index contributed by atoms with van der Waals surface area (Å²) in [5.74, 6) is -2.53. The molecule has 38 heavy (non-hydrogen) atoms. The van der Waals surface area contributed by atoms with Gasteiger partial charge in [-0.25, -0.2) is 9.48 Å². The molecule has 3 saturated heterocycles. The third-order valence-corrected chi connectivity index (χ3v) is 9.38. The summed E-state index contributed by atoms with van der Waals surface area (Å²) in [4.78, 5) is 54.7. The number of amides is 3. The number of fused-ring (bicyclic) bond motifs is 1. The van der Waals surface area contributed by atoms with Gasteiger partial charge in [0, 0.05) is 47.8 Å². The third-order valence-electron chi connectivity index (χ3n) is 7.87. The Morgan fingerprint density at radius 2 is 2.16 bits per heavy atom. The van der Waals surface area contributed by atoms with Gasteiger partial charge in [0.05, 0.1) is 18.0 Å². The number of aromatic nitrogens is 4. The van der Waals surface area contributed by atoms with Crippen LogP contribution in [0.15, 0.2) is 16.9 Å². The summed E-state index contributed by atoms with van der Waals surface area (Å²) in [6.07, 6.45) is 3.71. The number of hydrogen-bond donors (Lipinski definition) is 4. The van der Waals surface area contributed by atoms with E-state index in [1.54, 1.807) is 6.92 Å². The fourth-order valence-corrected chi connectivity index (χ4v) is 7.56. The lowest BCUT2D eigenvalue weighted by Gasteiger charge is -2.47. The Hall–Kier alpha value is -3.04. The Morgan fingerprint density at radius 3 is 2.84 bits per heavy atom. The quantitative estimate of drug-likeness (QED) is 0.273. The number of aliphatic carboxylic acids is 1. The molecule has 0 aliphatic carbocycles. The number of tetrazole rings is 1. The summed E-state index contributed by atoms with van der Waals surface area (Å²) >= 11 is 1.44. The summed E-state index contributed by atoms with van der Waals surface area (Å²) in [5, 5.41) is 26.8. The maximum atomic E-state index is 13.1. The Bertz CT molecular complexity index is 1140. The number of hydrogen-bond acceptors (Lipinski definition) is 10. The lowest BCUT2D eigenvalue weighted by atomic mass is 9.78. The molecule has 15 heteroatoms. The van der Waals surface area contributed by atoms with Gasteiger partial charge in [-0.05, 0) is 36.6 Å². The highest BCUT2D eigenvalue weighted by atomic mass is 32.2. The van der Waals surface area contributed by atoms with Gasteiger partial charge in [0.25, 0.3) is 0 Å². The fraction of sp³-hybridized carbons (Fsp3) is 0.696. The first kappa shape index (κ1) is 26.6. The molecule has 5 N–H and O–H groups in total. The van der Waals surface area contributed by atoms with Gasteiger partial charge in [-0.2, -0.15) is 0 Å². The molecule has 7 atom stereocenters. The van der Waals surface area contributed by atoms with Crippen LogP contribution in [-0.4, -0.2) is 108 Å². The number of nitrogens with one attached hydrogen (secondary N) is 2. The van der Waals surface area contributed by atoms with Gasteiger partial charge < -0.3 is 31.3 Å². The zero-order chi connectivity index (χ0) is 27.1. The number of carboxylic acids is 1. The number of nitrogens with zero attached hydrogens (tertiary/aromatic N) is 6. The van der Waals surface area contributed by atoms with E-state index in [0.717, 1.165) is 12.8 Å². The minimum Gasteiger partial charge on any atom is -0.477 e. The van der Waals surface area contributed by atoms with Crippen molar-refractivity contribution in [2.45, 2.75) is 69.1 Å². The molecule has 4 aliphatic rings. The van der Waals surface area contributed by atoms with Crippen molar-refractivity contribution in [3.05, 3.63) is 16.9 Å². The number of carbonyl (C=O) groups is 4. The summed E-state index contributed by atoms with van der Waals surface area (Å²) in [5.41, 5.74) is 6.06. The molecule has 0 spiro atoms. The van der Waals surface area contributed by atoms with Crippen LogP contribution in [0.1, 0.15) is 33.1 Å². The van der Waals surface area contributed by atoms with E-state index >= 15 is 0 Å². The van der Waals surface area contributed by atoms with Crippen molar-refractivity contribution in [2.24, 2.45) is 17.6 Å². The molecule has 1 unspecified atom stereocenters. The Kier molecular flexibility index (Phi) is 7.42. The molecule has 0 aromatic carbocycles. The van der Waals surface area contributed by atoms with E-state index in [2.05, 4.69) is 26.2 Å². The molecule has 206 valence electrons. The number of β-lactam (4-membered cyclic amide) rings is 1. The van der Waals surface area contributed by atoms with Crippen molar-refractivity contribution >= 4 is 35.5 Å². The number of carboxylic acid groups (broad SMARTS) is 1. The number of nitrogens with two attached hydrogens (primary N) is 1. The van der Waals surface area contributed by atoms with E-state index in [4.69, 9.17) is 5.73 Å². The monoisotopic (exact) mass is 547 g/mol. The molecular weight excluding hydrogens is 514 g/mol. The van der Waals surface area contributed by atoms with Crippen LogP contribution in [0.4, 0.5) is 0 Å². The van der Waals surface area contributed by atoms with E-state index in [-0.39, 0.29) is 59.3 Å². The second-order valence-electron chi connectivity index (χ2n) is 10.5. The zero-order valence-corrected chi connectivity index (χ0v) is 22.1. The van der Waals surface area contributed by atoms with Crippen LogP contribution >= 0.6 is 11.8 Å². The van der Waals surface area contributed by atoms with Crippen LogP contribution in [0, 0.1) is 11.8 Å². The SMILES string of the molecule is CC(NC(=O)Cn1cnnn1)[C@H]1C(=O)N2C(C(=O)O)=C(S[C@@H]3CN[C@H](C(=O)N4CCC[C@@H](N)C4)C3)[C@H](C)[C@H]12. The van der Waals surface area contributed by atoms with Gasteiger partial charge >= 0.3 is 5.97 Å². The second-order valence-corrected chi connectivity index (χ2v) is 11.9. The third kappa shape index (κ3) is 4.89. The highest BCUT2D eigenvalue weighted by Gasteiger charge is 2.60. The fourth-order valence-electron chi connectivity index (χ4n) is 6.08. The normalized spacial score (nSPS) is 31.7. The molecule has 1 aromatic heterocycles. The molecule has 0 bridgehead atoms. The van der Waals surface area contributed by atoms with Gasteiger partial charge in [-0.1, -0.05) is 6.92 Å². The van der Waals surface area contributed by atoms with E-state index in [0.29, 0.717) is 31.0 Å². The molecule has 3 amide bonds. The maximum Gasteiger partial charge on any atom is 0.353 e. The van der Waals surface area contributed by atoms with Crippen molar-refractivity contribution in [2.75, 3.05) is 19.6 Å². The van der Waals surface area contributed by atoms with Gasteiger partial charge in [-0.15, -0.1) is 16.9 Å². The van der Waals surface area contributed by atoms with Crippen LogP contribution in [0.2, 0.25) is 0 Å². The molecular formula is C23H33N9O5S. The van der Waals surface area contributed by atoms with Gasteiger partial charge in [0.2, 0.25) is 17.7 Å². The summed E-state index contributed by atoms with van der Waals surface area (Å²) in [6.45, 7) is 5.42. The predicted molar refractivity (Wildman–Crippen MR) is 135 cm³/mol. The minimum atomic E-state index is -1.15. The molecule has 4 aliphatic heterocycles. The molecule has 0 radical (unpaired) electrons. The molecule has 5 heterocycles. The average molecular weight is 548 g/mol. The van der Waals surface area contributed by atoms with Crippen molar-refractivity contribution in [1.82, 2.24) is 40.6 Å². The smallest absolute Gasteiger partial charge is 0.353 e. The van der Waals surface area contributed by atoms with E-state index < -0.39 is 17.9 Å². The van der Waals surface area contributed by atoms with Crippen LogP contribution in [0.25, 0.3) is 0 Å². The number of thioether (sulfide) groups is 1. The molecule has 3 fully saturated rings. The Morgan fingerprint density at radius 1 is 1.37 bits per heavy atom. The van der Waals surface area contributed by atoms with Crippen LogP contribution in [-0.2, 0) is 25.7 Å². The second kappa shape index (κ2) is 10.6. The zero-order valence-electron chi connectivity index (χ0n) is 21.3. The predicted octanol–water partition coefficient (Wildman–Crippen LogP) is -1.64. The van der Waals surface area contributed by atoms with E-state index in [1.807, 2.05) is 11.8 Å². The number of piperidine rings is 1. The largest absolute Gasteiger partial charge is 0.477 e. The molecule has 14 nitrogen and oxygen atoms in total. The summed E-state index contributed by atoms with van der Waals surface area (Å²) in [7, 11) is 0. The lowest BCUT2D eigenvalue weighted by Crippen LogP contribution is -2.66. The van der Waals surface area contributed by atoms with Gasteiger partial charge in [-0.3, -0.25) is 14.4 Å². The van der Waals surface area contributed by atoms with Crippen molar-refractivity contribution in [3.63, 3.8) is 0 Å². The minimum absolute atomic E-state index is 0.00338. The highest BCUT2D eigenvalue weighted by molar-refractivity contribution is 8.03. The number of rotatable bonds is 8. The topological polar surface area (TPSA) is 189 Å². The van der Waals surface area contributed by atoms with E-state index in [1.165, 1.54) is 27.7 Å². The first-order valence-corrected chi connectivity index (χ1v) is 13.8. The van der Waals surface area contributed by atoms with Crippen molar-refractivity contribution < 1.29 is 24.3 Å². The van der Waals surface area contributed by atoms with Gasteiger partial charge in [0.1, 0.15) is 18.6 Å². The molecule has 1 aromatic rings. The van der Waals surface area contributed by atoms with E-state index in [9.17, 15) is 24.3 Å². The van der Waals surface area contributed by atoms with Crippen LogP contribution in [0.5, 0.6) is 0 Å². The number of likely N-dealkylation sites (tertiary alicyclic amines) is 1. The highest BCUT2D eigenvalue weighted by Crippen LogP contribution is 2.51. The van der Waals surface area contributed by atoms with Crippen molar-refractivity contribution in [1.29, 1.82) is 0 Å². The van der Waals surface area contributed by atoms with Crippen LogP contribution < -0.4 is 16.4 Å². The maximum absolute atomic E-state index is 13.1. The average Bonchev–Trinajstić information content (AvgIpc) is 3.59. The number of carbonyl (C=O) groups excluding carboxylic acids is 3. The van der Waals surface area contributed by atoms with Crippen LogP contribution in [0.3, 0.4) is 0 Å².